The van der Waals surface area contributed by atoms with E-state index in [2.05, 4.69) is 194 Å². The molecular formula is C54H32OS. The summed E-state index contributed by atoms with van der Waals surface area (Å²) >= 11 is 1.88. The summed E-state index contributed by atoms with van der Waals surface area (Å²) in [6.45, 7) is 0. The summed E-state index contributed by atoms with van der Waals surface area (Å²) in [6.07, 6.45) is 0. The van der Waals surface area contributed by atoms with Gasteiger partial charge in [0.2, 0.25) is 0 Å². The molecule has 12 rings (SSSR count). The Morgan fingerprint density at radius 2 is 0.893 bits per heavy atom. The van der Waals surface area contributed by atoms with E-state index < -0.39 is 0 Å². The molecule has 0 fully saturated rings. The summed E-state index contributed by atoms with van der Waals surface area (Å²) in [7, 11) is 0. The second kappa shape index (κ2) is 12.3. The van der Waals surface area contributed by atoms with Gasteiger partial charge in [0.25, 0.3) is 0 Å². The molecule has 0 aliphatic carbocycles. The Morgan fingerprint density at radius 3 is 1.61 bits per heavy atom. The molecule has 0 spiro atoms. The van der Waals surface area contributed by atoms with Crippen LogP contribution in [0.2, 0.25) is 0 Å². The Morgan fingerprint density at radius 1 is 0.321 bits per heavy atom. The molecule has 260 valence electrons. The van der Waals surface area contributed by atoms with Crippen molar-refractivity contribution in [2.75, 3.05) is 0 Å². The predicted octanol–water partition coefficient (Wildman–Crippen LogP) is 16.1. The van der Waals surface area contributed by atoms with Crippen LogP contribution < -0.4 is 0 Å². The topological polar surface area (TPSA) is 13.1 Å². The van der Waals surface area contributed by atoms with Gasteiger partial charge in [-0.05, 0) is 107 Å². The number of hydrogen-bond acceptors (Lipinski definition) is 2. The van der Waals surface area contributed by atoms with Crippen molar-refractivity contribution >= 4 is 85.8 Å². The maximum absolute atomic E-state index is 6.61. The lowest BCUT2D eigenvalue weighted by Crippen LogP contribution is -1.91. The van der Waals surface area contributed by atoms with E-state index in [4.69, 9.17) is 4.42 Å². The largest absolute Gasteiger partial charge is 0.456 e. The highest BCUT2D eigenvalue weighted by molar-refractivity contribution is 7.26. The van der Waals surface area contributed by atoms with Crippen LogP contribution in [0.5, 0.6) is 0 Å². The first-order valence-electron chi connectivity index (χ1n) is 19.2. The van der Waals surface area contributed by atoms with E-state index in [0.29, 0.717) is 0 Å². The van der Waals surface area contributed by atoms with Crippen LogP contribution in [-0.4, -0.2) is 0 Å². The Balaban J connectivity index is 1.05. The van der Waals surface area contributed by atoms with Crippen LogP contribution in [0.4, 0.5) is 0 Å². The van der Waals surface area contributed by atoms with Crippen LogP contribution in [0, 0.1) is 0 Å². The molecule has 0 bridgehead atoms. The van der Waals surface area contributed by atoms with Gasteiger partial charge >= 0.3 is 0 Å². The molecule has 2 heterocycles. The SMILES string of the molecule is c1ccc(-c2c3ccccc3c(-c3ccc(-c4cc(-c5ccc6sc7c8ccccc8ccc7c6c5)cc5oc6ccccc6c45)cc3)c3ccccc23)cc1. The zero-order valence-corrected chi connectivity index (χ0v) is 31.1. The van der Waals surface area contributed by atoms with Gasteiger partial charge in [0.05, 0.1) is 0 Å². The molecule has 0 amide bonds. The van der Waals surface area contributed by atoms with Crippen molar-refractivity contribution in [2.45, 2.75) is 0 Å². The highest BCUT2D eigenvalue weighted by Gasteiger charge is 2.19. The van der Waals surface area contributed by atoms with Crippen molar-refractivity contribution < 1.29 is 4.42 Å². The van der Waals surface area contributed by atoms with Crippen molar-refractivity contribution in [1.82, 2.24) is 0 Å². The second-order valence-corrected chi connectivity index (χ2v) is 15.8. The minimum atomic E-state index is 0.900. The van der Waals surface area contributed by atoms with Crippen LogP contribution in [0.3, 0.4) is 0 Å². The molecule has 10 aromatic carbocycles. The second-order valence-electron chi connectivity index (χ2n) is 14.8. The van der Waals surface area contributed by atoms with Gasteiger partial charge in [-0.2, -0.15) is 0 Å². The molecule has 0 aliphatic rings. The van der Waals surface area contributed by atoms with E-state index in [1.54, 1.807) is 0 Å². The van der Waals surface area contributed by atoms with E-state index >= 15 is 0 Å². The van der Waals surface area contributed by atoms with Crippen molar-refractivity contribution in [2.24, 2.45) is 0 Å². The first kappa shape index (κ1) is 31.4. The van der Waals surface area contributed by atoms with E-state index in [-0.39, 0.29) is 0 Å². The zero-order valence-electron chi connectivity index (χ0n) is 30.3. The zero-order chi connectivity index (χ0) is 36.7. The molecule has 12 aromatic rings. The monoisotopic (exact) mass is 728 g/mol. The summed E-state index contributed by atoms with van der Waals surface area (Å²) in [5.74, 6) is 0. The van der Waals surface area contributed by atoms with Gasteiger partial charge in [0, 0.05) is 30.9 Å². The van der Waals surface area contributed by atoms with Crippen LogP contribution in [-0.2, 0) is 0 Å². The van der Waals surface area contributed by atoms with Crippen molar-refractivity contribution in [3.05, 3.63) is 194 Å². The Labute approximate surface area is 327 Å². The number of thiophene rings is 1. The third-order valence-corrected chi connectivity index (χ3v) is 12.9. The number of rotatable bonds is 4. The molecule has 0 unspecified atom stereocenters. The molecule has 0 saturated heterocycles. The van der Waals surface area contributed by atoms with Crippen LogP contribution in [0.15, 0.2) is 199 Å². The van der Waals surface area contributed by atoms with Crippen LogP contribution in [0.25, 0.3) is 119 Å². The minimum absolute atomic E-state index is 0.900. The first-order chi connectivity index (χ1) is 27.8. The molecule has 1 nitrogen and oxygen atoms in total. The van der Waals surface area contributed by atoms with Gasteiger partial charge in [-0.1, -0.05) is 164 Å². The minimum Gasteiger partial charge on any atom is -0.456 e. The van der Waals surface area contributed by atoms with Crippen LogP contribution in [0.1, 0.15) is 0 Å². The van der Waals surface area contributed by atoms with E-state index in [0.717, 1.165) is 33.1 Å². The van der Waals surface area contributed by atoms with E-state index in [1.165, 1.54) is 85.9 Å². The van der Waals surface area contributed by atoms with Gasteiger partial charge in [-0.25, -0.2) is 0 Å². The predicted molar refractivity (Wildman–Crippen MR) is 241 cm³/mol. The van der Waals surface area contributed by atoms with Gasteiger partial charge < -0.3 is 4.42 Å². The number of para-hydroxylation sites is 1. The fourth-order valence-corrected chi connectivity index (χ4v) is 10.3. The summed E-state index contributed by atoms with van der Waals surface area (Å²) in [5, 5.41) is 12.5. The normalized spacial score (nSPS) is 11.9. The maximum Gasteiger partial charge on any atom is 0.136 e. The molecule has 0 radical (unpaired) electrons. The lowest BCUT2D eigenvalue weighted by atomic mass is 9.85. The molecule has 0 N–H and O–H groups in total. The molecular weight excluding hydrogens is 697 g/mol. The van der Waals surface area contributed by atoms with Gasteiger partial charge in [-0.15, -0.1) is 11.3 Å². The standard InChI is InChI=1S/C54H32OS/c1-2-13-35(14-3-1)51-40-16-6-8-18-42(40)52(43-19-9-7-17-41(43)51)36-24-22-34(23-25-36)46-31-38(32-49-53(46)45-20-10-11-21-48(45)55-49)37-27-29-50-47(30-37)44-28-26-33-12-4-5-15-39(33)54(44)56-50/h1-32H. The smallest absolute Gasteiger partial charge is 0.136 e. The summed E-state index contributed by atoms with van der Waals surface area (Å²) in [6, 6.07) is 70.9. The number of hydrogen-bond donors (Lipinski definition) is 0. The Kier molecular flexibility index (Phi) is 6.87. The van der Waals surface area contributed by atoms with Crippen molar-refractivity contribution in [3.63, 3.8) is 0 Å². The van der Waals surface area contributed by atoms with Crippen molar-refractivity contribution in [1.29, 1.82) is 0 Å². The Bertz CT molecular complexity index is 3460. The van der Waals surface area contributed by atoms with E-state index in [9.17, 15) is 0 Å². The summed E-state index contributed by atoms with van der Waals surface area (Å²) in [4.78, 5) is 0. The third kappa shape index (κ3) is 4.73. The lowest BCUT2D eigenvalue weighted by molar-refractivity contribution is 0.669. The molecule has 2 heteroatoms. The summed E-state index contributed by atoms with van der Waals surface area (Å²) < 4.78 is 9.26. The average Bonchev–Trinajstić information content (AvgIpc) is 3.84. The Hall–Kier alpha value is -7.00. The average molecular weight is 729 g/mol. The van der Waals surface area contributed by atoms with Gasteiger partial charge in [-0.3, -0.25) is 0 Å². The summed E-state index contributed by atoms with van der Waals surface area (Å²) in [5.41, 5.74) is 11.4. The molecule has 0 saturated carbocycles. The lowest BCUT2D eigenvalue weighted by Gasteiger charge is -2.18. The fourth-order valence-electron chi connectivity index (χ4n) is 9.10. The molecule has 0 aliphatic heterocycles. The number of fused-ring (bicyclic) bond motifs is 10. The number of benzene rings is 10. The molecule has 0 atom stereocenters. The highest BCUT2D eigenvalue weighted by Crippen LogP contribution is 2.46. The molecule has 56 heavy (non-hydrogen) atoms. The van der Waals surface area contributed by atoms with Crippen LogP contribution >= 0.6 is 11.3 Å². The quantitative estimate of drug-likeness (QED) is 0.165. The number of furan rings is 1. The van der Waals surface area contributed by atoms with Gasteiger partial charge in [0.1, 0.15) is 11.2 Å². The molecule has 2 aromatic heterocycles. The first-order valence-corrected chi connectivity index (χ1v) is 20.0. The van der Waals surface area contributed by atoms with Gasteiger partial charge in [0.15, 0.2) is 0 Å². The third-order valence-electron chi connectivity index (χ3n) is 11.7. The maximum atomic E-state index is 6.61. The fraction of sp³-hybridized carbons (Fsp3) is 0. The van der Waals surface area contributed by atoms with Crippen molar-refractivity contribution in [3.8, 4) is 44.5 Å². The van der Waals surface area contributed by atoms with E-state index in [1.807, 2.05) is 11.3 Å². The highest BCUT2D eigenvalue weighted by atomic mass is 32.1.